The molecule has 1 aliphatic heterocycles. The molecule has 0 fully saturated rings. The molecule has 3 heteroatoms. The van der Waals surface area contributed by atoms with Crippen LogP contribution in [0, 0.1) is 0 Å². The van der Waals surface area contributed by atoms with E-state index in [1.807, 2.05) is 0 Å². The van der Waals surface area contributed by atoms with E-state index in [2.05, 4.69) is 17.4 Å². The lowest BCUT2D eigenvalue weighted by Crippen LogP contribution is -1.94. The number of aromatic nitrogens is 1. The second-order valence-electron chi connectivity index (χ2n) is 2.86. The number of anilines is 1. The van der Waals surface area contributed by atoms with E-state index in [1.165, 1.54) is 5.56 Å². The van der Waals surface area contributed by atoms with Crippen LogP contribution in [0.25, 0.3) is 0 Å². The largest absolute Gasteiger partial charge is 0.353 e. The normalized spacial score (nSPS) is 14.6. The number of hydrogen-bond donors (Lipinski definition) is 1. The zero-order valence-corrected chi connectivity index (χ0v) is 6.68. The average molecular weight is 152 g/mol. The molecule has 0 saturated carbocycles. The summed E-state index contributed by atoms with van der Waals surface area (Å²) in [5.74, 6) is 0.897. The van der Waals surface area contributed by atoms with Crippen molar-refractivity contribution < 1.29 is 4.52 Å². The topological polar surface area (TPSA) is 38.1 Å². The number of nitrogens with one attached hydrogen (secondary N) is 1. The van der Waals surface area contributed by atoms with Gasteiger partial charge in [0.25, 0.3) is 0 Å². The fourth-order valence-electron chi connectivity index (χ4n) is 1.47. The lowest BCUT2D eigenvalue weighted by atomic mass is 10.1. The van der Waals surface area contributed by atoms with Crippen LogP contribution >= 0.6 is 0 Å². The minimum atomic E-state index is 0.897. The molecule has 0 atom stereocenters. The van der Waals surface area contributed by atoms with Gasteiger partial charge in [0.1, 0.15) is 0 Å². The van der Waals surface area contributed by atoms with Gasteiger partial charge < -0.3 is 9.84 Å². The van der Waals surface area contributed by atoms with Crippen LogP contribution in [0.1, 0.15) is 24.6 Å². The number of aryl methyl sites for hydroxylation is 1. The average Bonchev–Trinajstić information content (AvgIpc) is 2.53. The summed E-state index contributed by atoms with van der Waals surface area (Å²) in [6, 6.07) is 0. The molecule has 60 valence electrons. The molecule has 1 aromatic heterocycles. The Hall–Kier alpha value is -0.990. The quantitative estimate of drug-likeness (QED) is 0.699. The first kappa shape index (κ1) is 6.70. The van der Waals surface area contributed by atoms with Crippen molar-refractivity contribution in [1.29, 1.82) is 0 Å². The van der Waals surface area contributed by atoms with Crippen molar-refractivity contribution >= 4 is 5.88 Å². The molecule has 2 rings (SSSR count). The molecule has 0 amide bonds. The van der Waals surface area contributed by atoms with Gasteiger partial charge in [-0.05, 0) is 12.8 Å². The summed E-state index contributed by atoms with van der Waals surface area (Å²) in [6.45, 7) is 3.16. The molecule has 2 heterocycles. The molecule has 11 heavy (non-hydrogen) atoms. The van der Waals surface area contributed by atoms with Gasteiger partial charge in [0.2, 0.25) is 5.88 Å². The second-order valence-corrected chi connectivity index (χ2v) is 2.86. The van der Waals surface area contributed by atoms with Crippen molar-refractivity contribution in [2.24, 2.45) is 0 Å². The Morgan fingerprint density at radius 1 is 1.64 bits per heavy atom. The summed E-state index contributed by atoms with van der Waals surface area (Å²) in [5.41, 5.74) is 2.44. The Kier molecular flexibility index (Phi) is 1.56. The zero-order chi connectivity index (χ0) is 7.68. The number of rotatable bonds is 2. The highest BCUT2D eigenvalue weighted by Crippen LogP contribution is 2.25. The third-order valence-corrected chi connectivity index (χ3v) is 2.02. The van der Waals surface area contributed by atoms with Crippen LogP contribution in [0.5, 0.6) is 0 Å². The van der Waals surface area contributed by atoms with Crippen molar-refractivity contribution in [1.82, 2.24) is 5.16 Å². The minimum absolute atomic E-state index is 0.897. The third kappa shape index (κ3) is 1.00. The van der Waals surface area contributed by atoms with E-state index >= 15 is 0 Å². The molecule has 0 saturated heterocycles. The number of nitrogens with zero attached hydrogens (tertiary/aromatic N) is 1. The van der Waals surface area contributed by atoms with E-state index < -0.39 is 0 Å². The molecule has 1 aliphatic rings. The molecule has 1 aromatic rings. The third-order valence-electron chi connectivity index (χ3n) is 2.02. The van der Waals surface area contributed by atoms with Gasteiger partial charge in [0, 0.05) is 12.1 Å². The molecule has 1 N–H and O–H groups in total. The van der Waals surface area contributed by atoms with Crippen molar-refractivity contribution in [2.75, 3.05) is 11.9 Å². The number of hydrogen-bond acceptors (Lipinski definition) is 3. The first-order chi connectivity index (χ1) is 5.42. The Balaban J connectivity index is 2.27. The molecule has 0 unspecified atom stereocenters. The van der Waals surface area contributed by atoms with Gasteiger partial charge in [0.15, 0.2) is 0 Å². The van der Waals surface area contributed by atoms with E-state index in [0.29, 0.717) is 0 Å². The van der Waals surface area contributed by atoms with Gasteiger partial charge in [-0.15, -0.1) is 0 Å². The van der Waals surface area contributed by atoms with Gasteiger partial charge in [0.05, 0.1) is 5.69 Å². The Bertz CT molecular complexity index is 255. The lowest BCUT2D eigenvalue weighted by Gasteiger charge is -1.90. The van der Waals surface area contributed by atoms with Gasteiger partial charge in [-0.25, -0.2) is 0 Å². The highest BCUT2D eigenvalue weighted by molar-refractivity contribution is 5.48. The van der Waals surface area contributed by atoms with Crippen LogP contribution in [0.3, 0.4) is 0 Å². The van der Waals surface area contributed by atoms with Crippen LogP contribution < -0.4 is 5.32 Å². The van der Waals surface area contributed by atoms with Gasteiger partial charge >= 0.3 is 0 Å². The van der Waals surface area contributed by atoms with Crippen molar-refractivity contribution in [2.45, 2.75) is 26.2 Å². The van der Waals surface area contributed by atoms with E-state index in [4.69, 9.17) is 4.52 Å². The second kappa shape index (κ2) is 2.57. The summed E-state index contributed by atoms with van der Waals surface area (Å²) in [6.07, 6.45) is 3.26. The van der Waals surface area contributed by atoms with Gasteiger partial charge in [-0.1, -0.05) is 18.5 Å². The summed E-state index contributed by atoms with van der Waals surface area (Å²) in [7, 11) is 0. The highest BCUT2D eigenvalue weighted by atomic mass is 16.5. The predicted molar refractivity (Wildman–Crippen MR) is 42.7 cm³/mol. The van der Waals surface area contributed by atoms with Crippen molar-refractivity contribution in [3.63, 3.8) is 0 Å². The molecule has 0 spiro atoms. The Morgan fingerprint density at radius 3 is 3.36 bits per heavy atom. The monoisotopic (exact) mass is 152 g/mol. The van der Waals surface area contributed by atoms with E-state index in [9.17, 15) is 0 Å². The summed E-state index contributed by atoms with van der Waals surface area (Å²) >= 11 is 0. The maximum Gasteiger partial charge on any atom is 0.228 e. The van der Waals surface area contributed by atoms with E-state index in [1.54, 1.807) is 0 Å². The first-order valence-corrected chi connectivity index (χ1v) is 4.13. The van der Waals surface area contributed by atoms with Crippen LogP contribution in [0.15, 0.2) is 4.52 Å². The van der Waals surface area contributed by atoms with Crippen LogP contribution in [0.4, 0.5) is 5.88 Å². The van der Waals surface area contributed by atoms with Crippen molar-refractivity contribution in [3.05, 3.63) is 11.3 Å². The van der Waals surface area contributed by atoms with Crippen LogP contribution in [-0.2, 0) is 12.8 Å². The lowest BCUT2D eigenvalue weighted by molar-refractivity contribution is 0.424. The SMILES string of the molecule is CCCc1noc2c1CCN2. The van der Waals surface area contributed by atoms with Gasteiger partial charge in [-0.2, -0.15) is 0 Å². The fourth-order valence-corrected chi connectivity index (χ4v) is 1.47. The number of fused-ring (bicyclic) bond motifs is 1. The molecule has 0 aliphatic carbocycles. The van der Waals surface area contributed by atoms with E-state index in [0.717, 1.165) is 37.4 Å². The summed E-state index contributed by atoms with van der Waals surface area (Å²) in [5, 5.41) is 7.14. The summed E-state index contributed by atoms with van der Waals surface area (Å²) in [4.78, 5) is 0. The molecule has 0 radical (unpaired) electrons. The van der Waals surface area contributed by atoms with Crippen LogP contribution in [-0.4, -0.2) is 11.7 Å². The van der Waals surface area contributed by atoms with E-state index in [-0.39, 0.29) is 0 Å². The summed E-state index contributed by atoms with van der Waals surface area (Å²) < 4.78 is 5.10. The Morgan fingerprint density at radius 2 is 2.55 bits per heavy atom. The minimum Gasteiger partial charge on any atom is -0.353 e. The predicted octanol–water partition coefficient (Wildman–Crippen LogP) is 1.60. The maximum atomic E-state index is 5.10. The highest BCUT2D eigenvalue weighted by Gasteiger charge is 2.19. The standard InChI is InChI=1S/C8H12N2O/c1-2-3-7-6-4-5-9-8(6)11-10-7/h9H,2-5H2,1H3. The molecule has 3 nitrogen and oxygen atoms in total. The Labute approximate surface area is 65.8 Å². The molecular formula is C8H12N2O. The smallest absolute Gasteiger partial charge is 0.228 e. The molecular weight excluding hydrogens is 140 g/mol. The van der Waals surface area contributed by atoms with Crippen LogP contribution in [0.2, 0.25) is 0 Å². The molecule has 0 aromatic carbocycles. The maximum absolute atomic E-state index is 5.10. The first-order valence-electron chi connectivity index (χ1n) is 4.13. The zero-order valence-electron chi connectivity index (χ0n) is 6.68. The molecule has 0 bridgehead atoms. The van der Waals surface area contributed by atoms with Gasteiger partial charge in [-0.3, -0.25) is 0 Å². The fraction of sp³-hybridized carbons (Fsp3) is 0.625. The van der Waals surface area contributed by atoms with Crippen molar-refractivity contribution in [3.8, 4) is 0 Å².